The maximum atomic E-state index is 11.2. The van der Waals surface area contributed by atoms with Crippen LogP contribution in [0.1, 0.15) is 26.2 Å². The highest BCUT2D eigenvalue weighted by atomic mass is 16.1. The van der Waals surface area contributed by atoms with Crippen LogP contribution in [0.2, 0.25) is 0 Å². The van der Waals surface area contributed by atoms with Crippen molar-refractivity contribution in [3.63, 3.8) is 0 Å². The third kappa shape index (κ3) is 3.03. The van der Waals surface area contributed by atoms with Crippen LogP contribution in [0.5, 0.6) is 0 Å². The zero-order valence-corrected chi connectivity index (χ0v) is 10.5. The molecule has 0 unspecified atom stereocenters. The van der Waals surface area contributed by atoms with Gasteiger partial charge < -0.3 is 4.90 Å². The highest BCUT2D eigenvalue weighted by Crippen LogP contribution is 2.23. The minimum atomic E-state index is -0.276. The first-order valence-corrected chi connectivity index (χ1v) is 6.31. The highest BCUT2D eigenvalue weighted by Gasteiger charge is 2.16. The van der Waals surface area contributed by atoms with E-state index in [1.807, 2.05) is 35.2 Å². The standard InChI is InChI=1S/C14H17N3O/c1-2-3-7-10-17(12-8-5-4-6-9-12)13-11-14(18)16-15-13/h4-6,8-9,11H,2-3,7,10H2,1H3. The summed E-state index contributed by atoms with van der Waals surface area (Å²) in [5.74, 6) is 0.365. The molecule has 1 aliphatic heterocycles. The molecule has 1 amide bonds. The third-order valence-corrected chi connectivity index (χ3v) is 2.83. The molecule has 0 spiro atoms. The van der Waals surface area contributed by atoms with Gasteiger partial charge in [-0.05, 0) is 18.6 Å². The van der Waals surface area contributed by atoms with Gasteiger partial charge in [-0.2, -0.15) is 0 Å². The van der Waals surface area contributed by atoms with E-state index in [-0.39, 0.29) is 5.91 Å². The number of carbonyl (C=O) groups is 1. The smallest absolute Gasteiger partial charge is 0.292 e. The molecule has 18 heavy (non-hydrogen) atoms. The van der Waals surface area contributed by atoms with E-state index in [1.54, 1.807) is 0 Å². The Balaban J connectivity index is 2.16. The fourth-order valence-electron chi connectivity index (χ4n) is 1.90. The Morgan fingerprint density at radius 2 is 1.89 bits per heavy atom. The molecule has 4 heteroatoms. The molecule has 4 nitrogen and oxygen atoms in total. The normalized spacial score (nSPS) is 13.8. The van der Waals surface area contributed by atoms with Crippen molar-refractivity contribution < 1.29 is 4.79 Å². The zero-order valence-electron chi connectivity index (χ0n) is 10.5. The van der Waals surface area contributed by atoms with E-state index >= 15 is 0 Å². The van der Waals surface area contributed by atoms with Gasteiger partial charge in [-0.1, -0.05) is 38.0 Å². The van der Waals surface area contributed by atoms with Crippen LogP contribution >= 0.6 is 0 Å². The average molecular weight is 243 g/mol. The summed E-state index contributed by atoms with van der Waals surface area (Å²) >= 11 is 0. The van der Waals surface area contributed by atoms with Crippen LogP contribution in [0.15, 0.2) is 52.5 Å². The molecule has 0 bridgehead atoms. The Morgan fingerprint density at radius 1 is 1.11 bits per heavy atom. The molecule has 0 radical (unpaired) electrons. The molecular weight excluding hydrogens is 226 g/mol. The second-order valence-electron chi connectivity index (χ2n) is 4.24. The number of unbranched alkanes of at least 4 members (excludes halogenated alkanes) is 2. The first-order valence-electron chi connectivity index (χ1n) is 6.31. The molecule has 2 rings (SSSR count). The molecule has 94 valence electrons. The van der Waals surface area contributed by atoms with Gasteiger partial charge in [0.2, 0.25) is 0 Å². The topological polar surface area (TPSA) is 45.0 Å². The number of para-hydroxylation sites is 1. The van der Waals surface area contributed by atoms with Crippen molar-refractivity contribution in [2.45, 2.75) is 26.2 Å². The Kier molecular flexibility index (Phi) is 4.23. The maximum absolute atomic E-state index is 11.2. The van der Waals surface area contributed by atoms with Crippen LogP contribution < -0.4 is 4.90 Å². The lowest BCUT2D eigenvalue weighted by atomic mass is 10.2. The van der Waals surface area contributed by atoms with Gasteiger partial charge in [0.25, 0.3) is 5.91 Å². The van der Waals surface area contributed by atoms with Crippen molar-refractivity contribution in [1.29, 1.82) is 0 Å². The van der Waals surface area contributed by atoms with Crippen molar-refractivity contribution in [1.82, 2.24) is 0 Å². The van der Waals surface area contributed by atoms with Gasteiger partial charge in [-0.25, -0.2) is 0 Å². The lowest BCUT2D eigenvalue weighted by Crippen LogP contribution is -2.22. The van der Waals surface area contributed by atoms with E-state index in [9.17, 15) is 4.79 Å². The van der Waals surface area contributed by atoms with Gasteiger partial charge in [-0.15, -0.1) is 10.2 Å². The van der Waals surface area contributed by atoms with Crippen molar-refractivity contribution in [2.24, 2.45) is 10.2 Å². The van der Waals surface area contributed by atoms with Crippen LogP contribution in [-0.2, 0) is 4.79 Å². The molecule has 0 aromatic heterocycles. The third-order valence-electron chi connectivity index (χ3n) is 2.83. The van der Waals surface area contributed by atoms with Crippen molar-refractivity contribution in [3.8, 4) is 0 Å². The number of azo groups is 1. The summed E-state index contributed by atoms with van der Waals surface area (Å²) in [6.07, 6.45) is 4.90. The first kappa shape index (κ1) is 12.5. The second kappa shape index (κ2) is 6.10. The lowest BCUT2D eigenvalue weighted by Gasteiger charge is -2.22. The number of nitrogens with zero attached hydrogens (tertiary/aromatic N) is 3. The quantitative estimate of drug-likeness (QED) is 0.717. The van der Waals surface area contributed by atoms with Gasteiger partial charge in [0.1, 0.15) is 0 Å². The number of hydrogen-bond donors (Lipinski definition) is 0. The van der Waals surface area contributed by atoms with Crippen LogP contribution in [-0.4, -0.2) is 12.5 Å². The second-order valence-corrected chi connectivity index (χ2v) is 4.24. The maximum Gasteiger partial charge on any atom is 0.292 e. The lowest BCUT2D eigenvalue weighted by molar-refractivity contribution is -0.113. The van der Waals surface area contributed by atoms with Crippen molar-refractivity contribution in [2.75, 3.05) is 11.4 Å². The van der Waals surface area contributed by atoms with Gasteiger partial charge in [-0.3, -0.25) is 4.79 Å². The summed E-state index contributed by atoms with van der Waals surface area (Å²) in [5.41, 5.74) is 1.05. The summed E-state index contributed by atoms with van der Waals surface area (Å²) in [7, 11) is 0. The fourth-order valence-corrected chi connectivity index (χ4v) is 1.90. The molecular formula is C14H17N3O. The van der Waals surface area contributed by atoms with Gasteiger partial charge in [0, 0.05) is 12.2 Å². The Bertz CT molecular complexity index is 465. The largest absolute Gasteiger partial charge is 0.325 e. The molecule has 0 saturated heterocycles. The number of amides is 1. The van der Waals surface area contributed by atoms with Crippen LogP contribution in [0.3, 0.4) is 0 Å². The average Bonchev–Trinajstić information content (AvgIpc) is 2.82. The number of benzene rings is 1. The van der Waals surface area contributed by atoms with E-state index in [4.69, 9.17) is 0 Å². The summed E-state index contributed by atoms with van der Waals surface area (Å²) in [6, 6.07) is 9.98. The predicted octanol–water partition coefficient (Wildman–Crippen LogP) is 3.52. The summed E-state index contributed by atoms with van der Waals surface area (Å²) in [5, 5.41) is 7.48. The van der Waals surface area contributed by atoms with Crippen molar-refractivity contribution >= 4 is 11.6 Å². The van der Waals surface area contributed by atoms with E-state index in [2.05, 4.69) is 17.2 Å². The van der Waals surface area contributed by atoms with Crippen molar-refractivity contribution in [3.05, 3.63) is 42.2 Å². The number of hydrogen-bond acceptors (Lipinski definition) is 3. The molecule has 1 heterocycles. The number of carbonyl (C=O) groups excluding carboxylic acids is 1. The Morgan fingerprint density at radius 3 is 2.50 bits per heavy atom. The van der Waals surface area contributed by atoms with Crippen LogP contribution in [0.25, 0.3) is 0 Å². The SMILES string of the molecule is CCCCCN(C1=CC(=O)N=N1)c1ccccc1. The monoisotopic (exact) mass is 243 g/mol. The summed E-state index contributed by atoms with van der Waals surface area (Å²) in [4.78, 5) is 13.2. The van der Waals surface area contributed by atoms with Crippen LogP contribution in [0, 0.1) is 0 Å². The predicted molar refractivity (Wildman–Crippen MR) is 71.3 cm³/mol. The van der Waals surface area contributed by atoms with Gasteiger partial charge in [0.15, 0.2) is 5.82 Å². The summed E-state index contributed by atoms with van der Waals surface area (Å²) in [6.45, 7) is 3.03. The molecule has 0 atom stereocenters. The molecule has 1 aromatic rings. The molecule has 1 aliphatic rings. The Hall–Kier alpha value is -1.97. The molecule has 1 aromatic carbocycles. The fraction of sp³-hybridized carbons (Fsp3) is 0.357. The van der Waals surface area contributed by atoms with Gasteiger partial charge >= 0.3 is 0 Å². The first-order chi connectivity index (χ1) is 8.81. The number of rotatable bonds is 6. The minimum absolute atomic E-state index is 0.276. The molecule has 0 saturated carbocycles. The van der Waals surface area contributed by atoms with E-state index in [0.29, 0.717) is 5.82 Å². The van der Waals surface area contributed by atoms with E-state index in [1.165, 1.54) is 18.9 Å². The van der Waals surface area contributed by atoms with E-state index in [0.717, 1.165) is 18.7 Å². The van der Waals surface area contributed by atoms with Gasteiger partial charge in [0.05, 0.1) is 6.08 Å². The Labute approximate surface area is 107 Å². The molecule has 0 fully saturated rings. The zero-order chi connectivity index (χ0) is 12.8. The van der Waals surface area contributed by atoms with E-state index < -0.39 is 0 Å². The molecule has 0 aliphatic carbocycles. The molecule has 0 N–H and O–H groups in total. The highest BCUT2D eigenvalue weighted by molar-refractivity contribution is 5.91. The summed E-state index contributed by atoms with van der Waals surface area (Å²) < 4.78 is 0. The van der Waals surface area contributed by atoms with Crippen LogP contribution in [0.4, 0.5) is 5.69 Å². The minimum Gasteiger partial charge on any atom is -0.325 e. The number of anilines is 1.